The van der Waals surface area contributed by atoms with Gasteiger partial charge in [0.2, 0.25) is 0 Å². The maximum Gasteiger partial charge on any atom is 0.125 e. The SMILES string of the molecule is CCC1(c2cc3c(OC)c(c2)Cc2cc(C4(CC)CCCC4)cc(c2OC)Cc2cc(C4(CC)CCCC4)cc(c2OC)Cc2cc(C4(CC)CCCC4)cc(c2OC)Cc2cc(C4(CC)CCCC4)cc(c2OC)Cc2cc(C4(CC)CCCC4)cc(c2OC)Cc2cc(C4(CC)CCCC4)cc(c2OC)Cc2cc(C4(CC)CCCC4)cc(c2OC)C3)CCCC1. The van der Waals surface area contributed by atoms with E-state index in [4.69, 9.17) is 37.9 Å². The summed E-state index contributed by atoms with van der Waals surface area (Å²) in [6, 6.07) is 41.9. The number of methoxy groups -OCH3 is 8. The van der Waals surface area contributed by atoms with Crippen molar-refractivity contribution < 1.29 is 37.9 Å². The summed E-state index contributed by atoms with van der Waals surface area (Å²) in [5.74, 6) is 7.87. The van der Waals surface area contributed by atoms with E-state index in [1.54, 1.807) is 0 Å². The fourth-order valence-corrected chi connectivity index (χ4v) is 29.5. The van der Waals surface area contributed by atoms with Crippen molar-refractivity contribution in [3.63, 3.8) is 0 Å². The van der Waals surface area contributed by atoms with E-state index in [1.807, 2.05) is 56.9 Å². The zero-order valence-electron chi connectivity index (χ0n) is 82.4. The molecule has 0 radical (unpaired) electrons. The number of hydrogen-bond donors (Lipinski definition) is 0. The first-order valence-corrected chi connectivity index (χ1v) is 51.9. The first-order chi connectivity index (χ1) is 62.3. The summed E-state index contributed by atoms with van der Waals surface area (Å²) in [6.45, 7) is 19.7. The van der Waals surface area contributed by atoms with Crippen LogP contribution in [0.1, 0.15) is 446 Å². The van der Waals surface area contributed by atoms with Crippen LogP contribution in [-0.4, -0.2) is 56.9 Å². The fourth-order valence-electron chi connectivity index (χ4n) is 29.5. The van der Waals surface area contributed by atoms with Crippen LogP contribution in [0, 0.1) is 0 Å². The number of benzene rings is 8. The average molecular weight is 1730 g/mol. The van der Waals surface area contributed by atoms with E-state index in [2.05, 4.69) is 152 Å². The van der Waals surface area contributed by atoms with Gasteiger partial charge in [-0.15, -0.1) is 0 Å². The molecule has 0 saturated heterocycles. The summed E-state index contributed by atoms with van der Waals surface area (Å²) in [4.78, 5) is 0. The van der Waals surface area contributed by atoms with Crippen LogP contribution in [0.25, 0.3) is 0 Å². The number of hydrogen-bond acceptors (Lipinski definition) is 8. The highest BCUT2D eigenvalue weighted by Crippen LogP contribution is 2.58. The predicted octanol–water partition coefficient (Wildman–Crippen LogP) is 30.6. The molecule has 8 aromatic rings. The molecule has 0 amide bonds. The van der Waals surface area contributed by atoms with Crippen LogP contribution in [0.3, 0.4) is 0 Å². The molecular formula is C120H160O8. The Hall–Kier alpha value is -7.84. The second-order valence-electron chi connectivity index (χ2n) is 42.8. The molecule has 688 valence electrons. The lowest BCUT2D eigenvalue weighted by molar-refractivity contribution is 0.390. The predicted molar refractivity (Wildman–Crippen MR) is 530 cm³/mol. The molecule has 16 bridgehead atoms. The van der Waals surface area contributed by atoms with Crippen molar-refractivity contribution >= 4 is 0 Å². The summed E-state index contributed by atoms with van der Waals surface area (Å²) in [6.07, 6.45) is 52.9. The Morgan fingerprint density at radius 1 is 0.148 bits per heavy atom. The molecule has 8 nitrogen and oxygen atoms in total. The van der Waals surface area contributed by atoms with Crippen molar-refractivity contribution in [2.75, 3.05) is 56.9 Å². The van der Waals surface area contributed by atoms with Gasteiger partial charge < -0.3 is 37.9 Å². The molecule has 0 unspecified atom stereocenters. The topological polar surface area (TPSA) is 73.8 Å². The zero-order chi connectivity index (χ0) is 89.4. The van der Waals surface area contributed by atoms with E-state index in [1.165, 1.54) is 339 Å². The molecule has 0 heterocycles. The third-order valence-electron chi connectivity index (χ3n) is 37.4. The third kappa shape index (κ3) is 16.6. The van der Waals surface area contributed by atoms with Crippen molar-refractivity contribution in [1.29, 1.82) is 0 Å². The lowest BCUT2D eigenvalue weighted by atomic mass is 9.73. The summed E-state index contributed by atoms with van der Waals surface area (Å²) in [7, 11) is 15.7. The smallest absolute Gasteiger partial charge is 0.125 e. The molecule has 8 aromatic carbocycles. The normalized spacial score (nSPS) is 20.6. The minimum atomic E-state index is 0.0478. The van der Waals surface area contributed by atoms with Gasteiger partial charge in [0.25, 0.3) is 0 Å². The minimum absolute atomic E-state index is 0.0478. The van der Waals surface area contributed by atoms with Crippen molar-refractivity contribution in [3.8, 4) is 46.0 Å². The van der Waals surface area contributed by atoms with Crippen LogP contribution in [0.2, 0.25) is 0 Å². The van der Waals surface area contributed by atoms with Gasteiger partial charge in [-0.05, 0) is 331 Å². The quantitative estimate of drug-likeness (QED) is 0.0592. The van der Waals surface area contributed by atoms with Gasteiger partial charge in [-0.2, -0.15) is 0 Å². The van der Waals surface area contributed by atoms with Crippen LogP contribution < -0.4 is 37.9 Å². The van der Waals surface area contributed by atoms with E-state index in [-0.39, 0.29) is 43.3 Å². The highest BCUT2D eigenvalue weighted by Gasteiger charge is 2.45. The lowest BCUT2D eigenvalue weighted by Gasteiger charge is -2.33. The Balaban J connectivity index is 0.956. The van der Waals surface area contributed by atoms with Crippen LogP contribution >= 0.6 is 0 Å². The largest absolute Gasteiger partial charge is 0.496 e. The molecule has 17 rings (SSSR count). The Kier molecular flexibility index (Phi) is 27.6. The maximum absolute atomic E-state index is 7.18. The highest BCUT2D eigenvalue weighted by atomic mass is 16.5. The Bertz CT molecular complexity index is 4100. The van der Waals surface area contributed by atoms with E-state index in [0.717, 1.165) is 97.4 Å². The Morgan fingerprint density at radius 3 is 0.289 bits per heavy atom. The summed E-state index contributed by atoms with van der Waals surface area (Å²) < 4.78 is 57.4. The second-order valence-corrected chi connectivity index (χ2v) is 42.8. The molecule has 0 spiro atoms. The van der Waals surface area contributed by atoms with Gasteiger partial charge in [0.05, 0.1) is 56.9 Å². The van der Waals surface area contributed by atoms with Crippen molar-refractivity contribution in [2.45, 2.75) is 407 Å². The van der Waals surface area contributed by atoms with E-state index in [0.29, 0.717) is 51.4 Å². The first-order valence-electron chi connectivity index (χ1n) is 51.9. The van der Waals surface area contributed by atoms with E-state index < -0.39 is 0 Å². The summed E-state index contributed by atoms with van der Waals surface area (Å²) >= 11 is 0. The van der Waals surface area contributed by atoms with Crippen LogP contribution in [-0.2, 0) is 94.7 Å². The zero-order valence-corrected chi connectivity index (χ0v) is 82.4. The fraction of sp³-hybridized carbons (Fsp3) is 0.600. The van der Waals surface area contributed by atoms with Crippen LogP contribution in [0.4, 0.5) is 0 Å². The number of fused-ring (bicyclic) bond motifs is 16. The van der Waals surface area contributed by atoms with Crippen molar-refractivity contribution in [2.24, 2.45) is 0 Å². The lowest BCUT2D eigenvalue weighted by Crippen LogP contribution is -2.23. The first kappa shape index (κ1) is 92.0. The molecule has 0 aromatic heterocycles. The van der Waals surface area contributed by atoms with Gasteiger partial charge in [0, 0.05) is 51.4 Å². The molecule has 0 aliphatic heterocycles. The monoisotopic (exact) mass is 1730 g/mol. The molecule has 8 heteroatoms. The molecule has 9 aliphatic rings. The van der Waals surface area contributed by atoms with E-state index >= 15 is 0 Å². The molecule has 0 N–H and O–H groups in total. The number of ether oxygens (including phenoxy) is 8. The van der Waals surface area contributed by atoms with Gasteiger partial charge >= 0.3 is 0 Å². The molecule has 0 atom stereocenters. The van der Waals surface area contributed by atoms with Crippen LogP contribution in [0.15, 0.2) is 97.1 Å². The van der Waals surface area contributed by atoms with Crippen molar-refractivity contribution in [3.05, 3.63) is 231 Å². The van der Waals surface area contributed by atoms with Crippen LogP contribution in [0.5, 0.6) is 46.0 Å². The molecule has 8 fully saturated rings. The van der Waals surface area contributed by atoms with Gasteiger partial charge in [-0.25, -0.2) is 0 Å². The molecule has 9 aliphatic carbocycles. The maximum atomic E-state index is 7.18. The molecular weight excluding hydrogens is 1570 g/mol. The molecule has 128 heavy (non-hydrogen) atoms. The molecule has 8 saturated carbocycles. The van der Waals surface area contributed by atoms with E-state index in [9.17, 15) is 0 Å². The van der Waals surface area contributed by atoms with Gasteiger partial charge in [-0.1, -0.05) is 255 Å². The average Bonchev–Trinajstić information content (AvgIpc) is 1.21. The second kappa shape index (κ2) is 38.4. The Labute approximate surface area is 773 Å². The summed E-state index contributed by atoms with van der Waals surface area (Å²) in [5.41, 5.74) is 31.9. The minimum Gasteiger partial charge on any atom is -0.496 e. The standard InChI is InChI=1S/C120H160O8/c1-17-113(41-25-26-42-113)97-65-81-57-83-67-98(114(18-2)43-27-28-44-114)69-85(106(83)122-10)59-87-71-100(116(20-4)47-31-32-48-116)73-89(108(87)124-12)61-91-75-102(118(22-6)51-35-36-52-118)77-93(110(91)126-14)63-95-79-104(120(24-8)55-39-40-56-120)80-96(112(95)128-16)64-94-78-103(119(23-7)53-37-38-54-119)76-92(111(94)127-15)62-90-74-101(117(21-5)49-33-34-50-117)72-88(109(90)125-13)60-86-70-99(115(19-3)45-29-30-46-115)68-84(107(86)123-11)58-82(66-97)105(81)121-9/h65-80H,17-64H2,1-16H3. The highest BCUT2D eigenvalue weighted by molar-refractivity contribution is 5.64. The number of rotatable bonds is 24. The van der Waals surface area contributed by atoms with Crippen molar-refractivity contribution in [1.82, 2.24) is 0 Å². The van der Waals surface area contributed by atoms with Gasteiger partial charge in [0.15, 0.2) is 0 Å². The third-order valence-corrected chi connectivity index (χ3v) is 37.4. The van der Waals surface area contributed by atoms with Gasteiger partial charge in [-0.3, -0.25) is 0 Å². The van der Waals surface area contributed by atoms with Gasteiger partial charge in [0.1, 0.15) is 46.0 Å². The Morgan fingerprint density at radius 2 is 0.227 bits per heavy atom. The summed E-state index contributed by atoms with van der Waals surface area (Å²) in [5, 5.41) is 0.